The van der Waals surface area contributed by atoms with Crippen LogP contribution in [0.2, 0.25) is 0 Å². The van der Waals surface area contributed by atoms with Crippen molar-refractivity contribution < 1.29 is 9.73 Å². The first kappa shape index (κ1) is 20.0. The molecule has 2 atom stereocenters. The van der Waals surface area contributed by atoms with Gasteiger partial charge in [0.15, 0.2) is 6.04 Å². The lowest BCUT2D eigenvalue weighted by atomic mass is 9.98. The molecule has 3 aromatic heterocycles. The average molecular weight is 425 g/mol. The summed E-state index contributed by atoms with van der Waals surface area (Å²) in [5.74, 6) is 1.92. The van der Waals surface area contributed by atoms with E-state index in [9.17, 15) is 0 Å². The number of aromatic nitrogens is 2. The third kappa shape index (κ3) is 4.83. The molecule has 2 N–H and O–H groups in total. The van der Waals surface area contributed by atoms with Crippen LogP contribution in [0, 0.1) is 5.92 Å². The summed E-state index contributed by atoms with van der Waals surface area (Å²) in [4.78, 5) is 2.33. The Labute approximate surface area is 179 Å². The molecule has 0 unspecified atom stereocenters. The summed E-state index contributed by atoms with van der Waals surface area (Å²) in [6, 6.07) is 17.6. The van der Waals surface area contributed by atoms with Crippen LogP contribution in [0.3, 0.4) is 0 Å². The van der Waals surface area contributed by atoms with Gasteiger partial charge in [0.1, 0.15) is 6.04 Å². The van der Waals surface area contributed by atoms with Gasteiger partial charge in [-0.05, 0) is 47.7 Å². The zero-order valence-electron chi connectivity index (χ0n) is 16.9. The fraction of sp³-hybridized carbons (Fsp3) is 0.304. The summed E-state index contributed by atoms with van der Waals surface area (Å²) < 4.78 is 5.97. The number of benzene rings is 1. The lowest BCUT2D eigenvalue weighted by Gasteiger charge is -2.18. The Morgan fingerprint density at radius 1 is 0.931 bits per heavy atom. The van der Waals surface area contributed by atoms with E-state index in [1.54, 1.807) is 22.7 Å². The molecule has 0 aliphatic carbocycles. The molecule has 4 aromatic rings. The second-order valence-corrected chi connectivity index (χ2v) is 9.66. The van der Waals surface area contributed by atoms with Crippen molar-refractivity contribution in [3.05, 3.63) is 81.2 Å². The highest BCUT2D eigenvalue weighted by Crippen LogP contribution is 2.27. The standard InChI is InChI=1S/C23H25N3OS2/c1-15(2)14-17-8-10-18(11-9-17)21(19-6-4-12-28-19)24-16(3)22-25-26-23(27-22)20-7-5-13-29-20/h4-13,15-16,21,24H,14H2,1-3H3/p+1/t16-,21+/m0/s1. The van der Waals surface area contributed by atoms with Crippen LogP contribution in [0.4, 0.5) is 0 Å². The van der Waals surface area contributed by atoms with Gasteiger partial charge in [0.05, 0.1) is 9.75 Å². The Bertz CT molecular complexity index is 1010. The van der Waals surface area contributed by atoms with Crippen molar-refractivity contribution in [3.8, 4) is 10.8 Å². The lowest BCUT2D eigenvalue weighted by molar-refractivity contribution is -0.725. The van der Waals surface area contributed by atoms with Crippen LogP contribution < -0.4 is 5.32 Å². The summed E-state index contributed by atoms with van der Waals surface area (Å²) >= 11 is 3.40. The summed E-state index contributed by atoms with van der Waals surface area (Å²) in [6.07, 6.45) is 1.11. The molecule has 0 aliphatic heterocycles. The van der Waals surface area contributed by atoms with Crippen LogP contribution in [0.25, 0.3) is 10.8 Å². The van der Waals surface area contributed by atoms with E-state index < -0.39 is 0 Å². The largest absolute Gasteiger partial charge is 0.414 e. The van der Waals surface area contributed by atoms with Crippen molar-refractivity contribution in [2.24, 2.45) is 5.92 Å². The minimum atomic E-state index is 0.0543. The van der Waals surface area contributed by atoms with E-state index in [-0.39, 0.29) is 12.1 Å². The predicted molar refractivity (Wildman–Crippen MR) is 119 cm³/mol. The Balaban J connectivity index is 1.55. The molecule has 4 rings (SSSR count). The first-order chi connectivity index (χ1) is 14.1. The van der Waals surface area contributed by atoms with E-state index in [4.69, 9.17) is 4.42 Å². The Hall–Kier alpha value is -2.28. The summed E-state index contributed by atoms with van der Waals surface area (Å²) in [5, 5.41) is 15.0. The molecule has 0 spiro atoms. The summed E-state index contributed by atoms with van der Waals surface area (Å²) in [7, 11) is 0. The molecule has 29 heavy (non-hydrogen) atoms. The highest BCUT2D eigenvalue weighted by molar-refractivity contribution is 7.13. The lowest BCUT2D eigenvalue weighted by Crippen LogP contribution is -2.85. The van der Waals surface area contributed by atoms with E-state index in [1.807, 2.05) is 17.5 Å². The van der Waals surface area contributed by atoms with Gasteiger partial charge in [0, 0.05) is 5.56 Å². The zero-order valence-corrected chi connectivity index (χ0v) is 18.5. The van der Waals surface area contributed by atoms with Gasteiger partial charge >= 0.3 is 0 Å². The van der Waals surface area contributed by atoms with Crippen molar-refractivity contribution >= 4 is 22.7 Å². The van der Waals surface area contributed by atoms with E-state index in [0.717, 1.165) is 11.3 Å². The number of nitrogens with two attached hydrogens (primary N) is 1. The number of thiophene rings is 2. The maximum atomic E-state index is 5.97. The maximum absolute atomic E-state index is 5.97. The Morgan fingerprint density at radius 3 is 2.34 bits per heavy atom. The second kappa shape index (κ2) is 9.03. The van der Waals surface area contributed by atoms with Gasteiger partial charge in [-0.1, -0.05) is 50.2 Å². The van der Waals surface area contributed by atoms with E-state index in [0.29, 0.717) is 17.7 Å². The van der Waals surface area contributed by atoms with Crippen LogP contribution in [0.5, 0.6) is 0 Å². The van der Waals surface area contributed by atoms with Gasteiger partial charge in [-0.25, -0.2) is 0 Å². The minimum Gasteiger partial charge on any atom is -0.414 e. The summed E-state index contributed by atoms with van der Waals surface area (Å²) in [5.41, 5.74) is 2.68. The molecular weight excluding hydrogens is 398 g/mol. The molecule has 0 aliphatic rings. The average Bonchev–Trinajstić information content (AvgIpc) is 3.48. The van der Waals surface area contributed by atoms with Crippen molar-refractivity contribution in [2.75, 3.05) is 0 Å². The molecule has 150 valence electrons. The van der Waals surface area contributed by atoms with Gasteiger partial charge in [-0.15, -0.1) is 32.9 Å². The van der Waals surface area contributed by atoms with Crippen LogP contribution in [0.15, 0.2) is 63.7 Å². The first-order valence-electron chi connectivity index (χ1n) is 9.94. The van der Waals surface area contributed by atoms with Crippen LogP contribution in [0.1, 0.15) is 54.7 Å². The highest BCUT2D eigenvalue weighted by atomic mass is 32.1. The Kier molecular flexibility index (Phi) is 6.23. The number of hydrogen-bond acceptors (Lipinski definition) is 5. The van der Waals surface area contributed by atoms with Gasteiger partial charge in [0.2, 0.25) is 0 Å². The minimum absolute atomic E-state index is 0.0543. The SMILES string of the molecule is CC(C)Cc1ccc([C@@H]([NH2+][C@@H](C)c2nnc(-c3cccs3)o2)c2cccs2)cc1. The van der Waals surface area contributed by atoms with Gasteiger partial charge < -0.3 is 9.73 Å². The molecule has 0 bridgehead atoms. The maximum Gasteiger partial charge on any atom is 0.274 e. The number of nitrogens with zero attached hydrogens (tertiary/aromatic N) is 2. The molecule has 4 nitrogen and oxygen atoms in total. The smallest absolute Gasteiger partial charge is 0.274 e. The van der Waals surface area contributed by atoms with E-state index in [1.165, 1.54) is 16.0 Å². The molecule has 0 radical (unpaired) electrons. The van der Waals surface area contributed by atoms with Crippen LogP contribution >= 0.6 is 22.7 Å². The molecule has 0 fully saturated rings. The quantitative estimate of drug-likeness (QED) is 0.408. The number of rotatable bonds is 8. The zero-order chi connectivity index (χ0) is 20.2. The highest BCUT2D eigenvalue weighted by Gasteiger charge is 2.26. The fourth-order valence-corrected chi connectivity index (χ4v) is 4.94. The predicted octanol–water partition coefficient (Wildman–Crippen LogP) is 5.47. The van der Waals surface area contributed by atoms with Crippen molar-refractivity contribution in [3.63, 3.8) is 0 Å². The molecule has 6 heteroatoms. The van der Waals surface area contributed by atoms with E-state index >= 15 is 0 Å². The molecule has 0 amide bonds. The second-order valence-electron chi connectivity index (χ2n) is 7.74. The molecule has 0 saturated carbocycles. The van der Waals surface area contributed by atoms with Crippen molar-refractivity contribution in [1.82, 2.24) is 10.2 Å². The third-order valence-corrected chi connectivity index (χ3v) is 6.69. The normalized spacial score (nSPS) is 13.7. The molecule has 0 saturated heterocycles. The first-order valence-corrected chi connectivity index (χ1v) is 11.7. The van der Waals surface area contributed by atoms with Gasteiger partial charge in [-0.2, -0.15) is 0 Å². The van der Waals surface area contributed by atoms with Gasteiger partial charge in [0.25, 0.3) is 11.8 Å². The number of quaternary nitrogens is 1. The van der Waals surface area contributed by atoms with Crippen LogP contribution in [-0.2, 0) is 6.42 Å². The number of hydrogen-bond donors (Lipinski definition) is 1. The topological polar surface area (TPSA) is 55.5 Å². The molecular formula is C23H26N3OS2+. The Morgan fingerprint density at radius 2 is 1.69 bits per heavy atom. The third-order valence-electron chi connectivity index (χ3n) is 4.88. The van der Waals surface area contributed by atoms with Crippen LogP contribution in [-0.4, -0.2) is 10.2 Å². The van der Waals surface area contributed by atoms with E-state index in [2.05, 4.69) is 78.1 Å². The molecule has 1 aromatic carbocycles. The summed E-state index contributed by atoms with van der Waals surface area (Å²) in [6.45, 7) is 6.64. The molecule has 3 heterocycles. The monoisotopic (exact) mass is 424 g/mol. The fourth-order valence-electron chi connectivity index (χ4n) is 3.46. The van der Waals surface area contributed by atoms with Crippen molar-refractivity contribution in [1.29, 1.82) is 0 Å². The van der Waals surface area contributed by atoms with Crippen molar-refractivity contribution in [2.45, 2.75) is 39.3 Å². The van der Waals surface area contributed by atoms with Gasteiger partial charge in [-0.3, -0.25) is 0 Å².